The van der Waals surface area contributed by atoms with Crippen molar-refractivity contribution in [3.8, 4) is 0 Å². The van der Waals surface area contributed by atoms with Crippen LogP contribution in [-0.2, 0) is 19.0 Å². The normalized spacial score (nSPS) is 11.6. The number of nitrogens with one attached hydrogen (secondary N) is 2. The van der Waals surface area contributed by atoms with Crippen LogP contribution in [0, 0.1) is 0 Å². The first-order valence-corrected chi connectivity index (χ1v) is 7.99. The van der Waals surface area contributed by atoms with Gasteiger partial charge in [-0.1, -0.05) is 18.2 Å². The van der Waals surface area contributed by atoms with E-state index in [4.69, 9.17) is 0 Å². The second-order valence-corrected chi connectivity index (χ2v) is 5.44. The van der Waals surface area contributed by atoms with E-state index < -0.39 is 11.7 Å². The zero-order valence-corrected chi connectivity index (χ0v) is 16.7. The molecule has 0 aliphatic rings. The summed E-state index contributed by atoms with van der Waals surface area (Å²) in [5, 5.41) is 6.33. The molecule has 8 heteroatoms. The topological polar surface area (TPSA) is 49.3 Å². The van der Waals surface area contributed by atoms with Crippen molar-refractivity contribution < 1.29 is 13.2 Å². The summed E-state index contributed by atoms with van der Waals surface area (Å²) in [6.45, 7) is 1.27. The molecule has 0 aliphatic carbocycles. The zero-order valence-electron chi connectivity index (χ0n) is 14.4. The summed E-state index contributed by atoms with van der Waals surface area (Å²) < 4.78 is 37.6. The van der Waals surface area contributed by atoms with Crippen LogP contribution in [0.1, 0.15) is 16.8 Å². The lowest BCUT2D eigenvalue weighted by molar-refractivity contribution is -0.137. The third-order valence-electron chi connectivity index (χ3n) is 3.61. The van der Waals surface area contributed by atoms with Gasteiger partial charge < -0.3 is 10.6 Å². The van der Waals surface area contributed by atoms with Crippen molar-refractivity contribution in [2.75, 3.05) is 20.1 Å². The average molecular weight is 478 g/mol. The molecule has 0 radical (unpaired) electrons. The van der Waals surface area contributed by atoms with Gasteiger partial charge in [0.05, 0.1) is 5.56 Å². The number of rotatable bonds is 6. The molecule has 1 aromatic carbocycles. The molecule has 0 atom stereocenters. The maximum absolute atomic E-state index is 12.5. The minimum Gasteiger partial charge on any atom is -0.356 e. The van der Waals surface area contributed by atoms with Gasteiger partial charge in [-0.25, -0.2) is 0 Å². The molecule has 0 fully saturated rings. The number of pyridine rings is 1. The highest BCUT2D eigenvalue weighted by Crippen LogP contribution is 2.29. The smallest absolute Gasteiger partial charge is 0.356 e. The SMILES string of the molecule is CN=C(NCCc1ccc(C(F)(F)F)cc1)NCCc1ccccn1.I. The predicted molar refractivity (Wildman–Crippen MR) is 108 cm³/mol. The summed E-state index contributed by atoms with van der Waals surface area (Å²) in [7, 11) is 1.67. The lowest BCUT2D eigenvalue weighted by atomic mass is 10.1. The molecule has 0 spiro atoms. The fraction of sp³-hybridized carbons (Fsp3) is 0.333. The van der Waals surface area contributed by atoms with Gasteiger partial charge in [-0.3, -0.25) is 9.98 Å². The van der Waals surface area contributed by atoms with Crippen molar-refractivity contribution in [3.63, 3.8) is 0 Å². The van der Waals surface area contributed by atoms with E-state index in [1.807, 2.05) is 18.2 Å². The van der Waals surface area contributed by atoms with Gasteiger partial charge in [0, 0.05) is 38.4 Å². The van der Waals surface area contributed by atoms with Crippen LogP contribution in [0.25, 0.3) is 0 Å². The summed E-state index contributed by atoms with van der Waals surface area (Å²) in [4.78, 5) is 8.37. The maximum Gasteiger partial charge on any atom is 0.416 e. The Balaban J connectivity index is 0.00000338. The van der Waals surface area contributed by atoms with Crippen LogP contribution in [0.4, 0.5) is 13.2 Å². The van der Waals surface area contributed by atoms with Crippen molar-refractivity contribution in [2.45, 2.75) is 19.0 Å². The number of nitrogens with zero attached hydrogens (tertiary/aromatic N) is 2. The number of hydrogen-bond donors (Lipinski definition) is 2. The molecule has 1 aromatic heterocycles. The average Bonchev–Trinajstić information content (AvgIpc) is 2.61. The minimum absolute atomic E-state index is 0. The van der Waals surface area contributed by atoms with Crippen molar-refractivity contribution >= 4 is 29.9 Å². The van der Waals surface area contributed by atoms with Gasteiger partial charge in [0.15, 0.2) is 5.96 Å². The molecule has 26 heavy (non-hydrogen) atoms. The molecule has 0 bridgehead atoms. The quantitative estimate of drug-likeness (QED) is 0.379. The molecule has 142 valence electrons. The van der Waals surface area contributed by atoms with Crippen LogP contribution in [0.15, 0.2) is 53.7 Å². The number of guanidine groups is 1. The maximum atomic E-state index is 12.5. The van der Waals surface area contributed by atoms with E-state index in [0.29, 0.717) is 25.5 Å². The van der Waals surface area contributed by atoms with Crippen LogP contribution in [0.3, 0.4) is 0 Å². The summed E-state index contributed by atoms with van der Waals surface area (Å²) in [6.07, 6.45) is -1.15. The van der Waals surface area contributed by atoms with E-state index in [2.05, 4.69) is 20.6 Å². The third kappa shape index (κ3) is 7.59. The molecule has 0 aliphatic heterocycles. The molecular weight excluding hydrogens is 456 g/mol. The summed E-state index contributed by atoms with van der Waals surface area (Å²) >= 11 is 0. The molecule has 2 rings (SSSR count). The second kappa shape index (κ2) is 11.0. The van der Waals surface area contributed by atoms with Crippen LogP contribution in [0.5, 0.6) is 0 Å². The molecular formula is C18H22F3IN4. The number of benzene rings is 1. The zero-order chi connectivity index (χ0) is 18.1. The van der Waals surface area contributed by atoms with Crippen molar-refractivity contribution in [1.82, 2.24) is 15.6 Å². The highest BCUT2D eigenvalue weighted by Gasteiger charge is 2.29. The number of halogens is 4. The van der Waals surface area contributed by atoms with Gasteiger partial charge in [0.2, 0.25) is 0 Å². The fourth-order valence-corrected chi connectivity index (χ4v) is 2.26. The minimum atomic E-state index is -4.30. The molecule has 0 amide bonds. The lowest BCUT2D eigenvalue weighted by Crippen LogP contribution is -2.39. The number of aliphatic imine (C=N–C) groups is 1. The molecule has 0 saturated carbocycles. The summed E-state index contributed by atoms with van der Waals surface area (Å²) in [5.74, 6) is 0.655. The third-order valence-corrected chi connectivity index (χ3v) is 3.61. The van der Waals surface area contributed by atoms with E-state index in [0.717, 1.165) is 29.8 Å². The summed E-state index contributed by atoms with van der Waals surface area (Å²) in [5.41, 5.74) is 1.20. The van der Waals surface area contributed by atoms with Crippen LogP contribution in [-0.4, -0.2) is 31.1 Å². The van der Waals surface area contributed by atoms with E-state index in [-0.39, 0.29) is 24.0 Å². The highest BCUT2D eigenvalue weighted by atomic mass is 127. The van der Waals surface area contributed by atoms with Gasteiger partial charge in [0.1, 0.15) is 0 Å². The molecule has 0 saturated heterocycles. The monoisotopic (exact) mass is 478 g/mol. The van der Waals surface area contributed by atoms with Crippen molar-refractivity contribution in [3.05, 3.63) is 65.5 Å². The molecule has 4 nitrogen and oxygen atoms in total. The Bertz CT molecular complexity index is 673. The number of alkyl halides is 3. The highest BCUT2D eigenvalue weighted by molar-refractivity contribution is 14.0. The molecule has 1 heterocycles. The number of hydrogen-bond acceptors (Lipinski definition) is 2. The Hall–Kier alpha value is -1.84. The van der Waals surface area contributed by atoms with Gasteiger partial charge in [-0.2, -0.15) is 13.2 Å². The molecule has 0 unspecified atom stereocenters. The molecule has 2 aromatic rings. The van der Waals surface area contributed by atoms with Gasteiger partial charge >= 0.3 is 6.18 Å². The first kappa shape index (κ1) is 22.2. The van der Waals surface area contributed by atoms with E-state index in [1.54, 1.807) is 13.2 Å². The van der Waals surface area contributed by atoms with Crippen molar-refractivity contribution in [2.24, 2.45) is 4.99 Å². The summed E-state index contributed by atoms with van der Waals surface area (Å²) in [6, 6.07) is 11.0. The van der Waals surface area contributed by atoms with Crippen molar-refractivity contribution in [1.29, 1.82) is 0 Å². The Morgan fingerprint density at radius 1 is 1.00 bits per heavy atom. The standard InChI is InChI=1S/C18H21F3N4.HI/c1-22-17(25-13-10-16-4-2-3-11-23-16)24-12-9-14-5-7-15(8-6-14)18(19,20)21;/h2-8,11H,9-10,12-13H2,1H3,(H2,22,24,25);1H. The number of aromatic nitrogens is 1. The first-order chi connectivity index (χ1) is 12.0. The van der Waals surface area contributed by atoms with Gasteiger partial charge in [-0.15, -0.1) is 24.0 Å². The predicted octanol–water partition coefficient (Wildman–Crippen LogP) is 3.67. The van der Waals surface area contributed by atoms with Gasteiger partial charge in [0.25, 0.3) is 0 Å². The Kier molecular flexibility index (Phi) is 9.39. The van der Waals surface area contributed by atoms with E-state index >= 15 is 0 Å². The lowest BCUT2D eigenvalue weighted by Gasteiger charge is -2.12. The first-order valence-electron chi connectivity index (χ1n) is 7.99. The van der Waals surface area contributed by atoms with Crippen LogP contribution in [0.2, 0.25) is 0 Å². The Morgan fingerprint density at radius 3 is 2.19 bits per heavy atom. The van der Waals surface area contributed by atoms with Gasteiger partial charge in [-0.05, 0) is 36.2 Å². The van der Waals surface area contributed by atoms with E-state index in [9.17, 15) is 13.2 Å². The Morgan fingerprint density at radius 2 is 1.65 bits per heavy atom. The largest absolute Gasteiger partial charge is 0.416 e. The fourth-order valence-electron chi connectivity index (χ4n) is 2.26. The van der Waals surface area contributed by atoms with E-state index in [1.165, 1.54) is 12.1 Å². The molecule has 2 N–H and O–H groups in total. The Labute approximate surface area is 168 Å². The van der Waals surface area contributed by atoms with Crippen LogP contribution < -0.4 is 10.6 Å². The van der Waals surface area contributed by atoms with Crippen LogP contribution >= 0.6 is 24.0 Å². The second-order valence-electron chi connectivity index (χ2n) is 5.44.